The Hall–Kier alpha value is -4.87. The molecule has 4 amide bonds. The Kier molecular flexibility index (Phi) is 8.27. The summed E-state index contributed by atoms with van der Waals surface area (Å²) in [6.07, 6.45) is -8.62. The zero-order valence-electron chi connectivity index (χ0n) is 25.9. The summed E-state index contributed by atoms with van der Waals surface area (Å²) in [5, 5.41) is 21.6. The number of rotatable bonds is 5. The number of anilines is 1. The standard InChI is InChI=1S/C33H22Cl2F6N4O7/c34-15-3-1-13(2-4-15)31-21(28(48)44(30(31)50)43-26-22(35)9-14(12-42-26)32(36,37)38)11-19-17(6-7-18-24(19)29(49)45(51)27(18)47)25(31)20-10-16(5-8-23(20)46)52-33(39,40)41/h1-6,8-10,12,18-19,21,24-25,46,51H,7,11H2,(H,42,43)/t18-,19+,21-,24-,25+,31+/m0/s1. The highest BCUT2D eigenvalue weighted by Crippen LogP contribution is 2.65. The van der Waals surface area contributed by atoms with Gasteiger partial charge < -0.3 is 9.84 Å². The first-order valence-corrected chi connectivity index (χ1v) is 16.1. The Labute approximate surface area is 298 Å². The van der Waals surface area contributed by atoms with E-state index in [1.807, 2.05) is 0 Å². The molecule has 3 aromatic rings. The van der Waals surface area contributed by atoms with Crippen LogP contribution in [0.5, 0.6) is 11.5 Å². The number of hydrazine groups is 1. The minimum Gasteiger partial charge on any atom is -0.508 e. The largest absolute Gasteiger partial charge is 0.573 e. The van der Waals surface area contributed by atoms with Crippen molar-refractivity contribution in [3.63, 3.8) is 0 Å². The second-order valence-electron chi connectivity index (χ2n) is 12.7. The molecule has 3 heterocycles. The van der Waals surface area contributed by atoms with E-state index in [-0.39, 0.29) is 39.6 Å². The summed E-state index contributed by atoms with van der Waals surface area (Å²) in [6, 6.07) is 8.59. The third-order valence-corrected chi connectivity index (χ3v) is 10.6. The molecule has 19 heteroatoms. The minimum atomic E-state index is -5.19. The van der Waals surface area contributed by atoms with Crippen LogP contribution in [0.1, 0.15) is 35.4 Å². The molecular formula is C33H22Cl2F6N4O7. The van der Waals surface area contributed by atoms with E-state index < -0.39 is 99.1 Å². The Morgan fingerprint density at radius 3 is 2.25 bits per heavy atom. The number of amides is 4. The maximum absolute atomic E-state index is 15.0. The number of fused-ring (bicyclic) bond motifs is 4. The van der Waals surface area contributed by atoms with E-state index in [9.17, 15) is 51.0 Å². The fourth-order valence-corrected chi connectivity index (χ4v) is 8.41. The summed E-state index contributed by atoms with van der Waals surface area (Å²) in [5.74, 6) is -12.5. The first-order valence-electron chi connectivity index (χ1n) is 15.3. The maximum Gasteiger partial charge on any atom is 0.573 e. The van der Waals surface area contributed by atoms with Crippen LogP contribution in [0.3, 0.4) is 0 Å². The van der Waals surface area contributed by atoms with Crippen LogP contribution in [-0.4, -0.2) is 55.4 Å². The van der Waals surface area contributed by atoms with Gasteiger partial charge in [0.1, 0.15) is 11.5 Å². The molecule has 3 fully saturated rings. The van der Waals surface area contributed by atoms with Crippen molar-refractivity contribution < 1.29 is 60.6 Å². The summed E-state index contributed by atoms with van der Waals surface area (Å²) in [4.78, 5) is 59.4. The number of hydrogen-bond acceptors (Lipinski definition) is 9. The second kappa shape index (κ2) is 12.1. The van der Waals surface area contributed by atoms with Gasteiger partial charge >= 0.3 is 12.5 Å². The molecule has 3 N–H and O–H groups in total. The highest BCUT2D eigenvalue weighted by atomic mass is 35.5. The number of ether oxygens (including phenoxy) is 1. The van der Waals surface area contributed by atoms with E-state index in [1.165, 1.54) is 30.3 Å². The summed E-state index contributed by atoms with van der Waals surface area (Å²) in [5.41, 5.74) is -1.04. The summed E-state index contributed by atoms with van der Waals surface area (Å²) < 4.78 is 84.5. The number of halogens is 8. The number of phenolic OH excluding ortho intramolecular Hbond substituents is 1. The lowest BCUT2D eigenvalue weighted by Crippen LogP contribution is -2.53. The van der Waals surface area contributed by atoms with Gasteiger partial charge in [0, 0.05) is 22.7 Å². The number of alkyl halides is 6. The highest BCUT2D eigenvalue weighted by molar-refractivity contribution is 6.33. The van der Waals surface area contributed by atoms with Gasteiger partial charge in [0.2, 0.25) is 0 Å². The number of carbonyl (C=O) groups is 4. The highest BCUT2D eigenvalue weighted by Gasteiger charge is 2.71. The van der Waals surface area contributed by atoms with E-state index in [2.05, 4.69) is 15.1 Å². The Morgan fingerprint density at radius 2 is 1.62 bits per heavy atom. The van der Waals surface area contributed by atoms with E-state index in [4.69, 9.17) is 23.2 Å². The first kappa shape index (κ1) is 35.5. The lowest BCUT2D eigenvalue weighted by atomic mass is 9.49. The van der Waals surface area contributed by atoms with Crippen molar-refractivity contribution in [2.45, 2.75) is 36.7 Å². The van der Waals surface area contributed by atoms with Crippen molar-refractivity contribution in [1.82, 2.24) is 15.1 Å². The number of imide groups is 2. The van der Waals surface area contributed by atoms with Gasteiger partial charge in [0.05, 0.1) is 33.8 Å². The Balaban J connectivity index is 1.47. The van der Waals surface area contributed by atoms with E-state index in [0.29, 0.717) is 17.3 Å². The molecule has 0 bridgehead atoms. The topological polar surface area (TPSA) is 149 Å². The van der Waals surface area contributed by atoms with Crippen LogP contribution >= 0.6 is 23.2 Å². The normalized spacial score (nSPS) is 27.3. The third-order valence-electron chi connectivity index (χ3n) is 10.1. The Morgan fingerprint density at radius 1 is 0.923 bits per heavy atom. The van der Waals surface area contributed by atoms with Crippen LogP contribution < -0.4 is 10.2 Å². The summed E-state index contributed by atoms with van der Waals surface area (Å²) >= 11 is 12.3. The fraction of sp³-hybridized carbons (Fsp3) is 0.303. The number of pyridine rings is 1. The SMILES string of the molecule is O=C1[C@H]2[C@H](CC=C3[C@H]2C[C@H]2C(=O)N(Nc4ncc(C(F)(F)F)cc4Cl)C(=O)[C@@]2(c2ccc(Cl)cc2)[C@H]3c2cc(OC(F)(F)F)ccc2O)C(=O)N1O. The van der Waals surface area contributed by atoms with Crippen molar-refractivity contribution >= 4 is 52.6 Å². The number of nitrogens with one attached hydrogen (secondary N) is 1. The predicted molar refractivity (Wildman–Crippen MR) is 165 cm³/mol. The molecule has 272 valence electrons. The molecule has 6 atom stereocenters. The monoisotopic (exact) mass is 770 g/mol. The number of hydrogen-bond donors (Lipinski definition) is 3. The number of aromatic nitrogens is 1. The average molecular weight is 771 g/mol. The molecule has 0 spiro atoms. The van der Waals surface area contributed by atoms with Crippen molar-refractivity contribution in [1.29, 1.82) is 0 Å². The fourth-order valence-electron chi connectivity index (χ4n) is 8.07. The van der Waals surface area contributed by atoms with Gasteiger partial charge in [0.25, 0.3) is 23.6 Å². The van der Waals surface area contributed by atoms with Gasteiger partial charge in [-0.15, -0.1) is 13.2 Å². The van der Waals surface area contributed by atoms with Crippen LogP contribution in [0.15, 0.2) is 66.4 Å². The van der Waals surface area contributed by atoms with Crippen molar-refractivity contribution in [2.75, 3.05) is 5.43 Å². The molecule has 1 saturated carbocycles. The molecule has 2 saturated heterocycles. The minimum absolute atomic E-state index is 0.0365. The quantitative estimate of drug-likeness (QED) is 0.116. The molecule has 1 aromatic heterocycles. The summed E-state index contributed by atoms with van der Waals surface area (Å²) in [7, 11) is 0. The van der Waals surface area contributed by atoms with Crippen molar-refractivity contribution in [2.24, 2.45) is 23.7 Å². The van der Waals surface area contributed by atoms with Gasteiger partial charge in [-0.2, -0.15) is 23.2 Å². The number of nitrogens with zero attached hydrogens (tertiary/aromatic N) is 3. The predicted octanol–water partition coefficient (Wildman–Crippen LogP) is 6.39. The number of hydroxylamine groups is 2. The number of allylic oxidation sites excluding steroid dienone is 2. The second-order valence-corrected chi connectivity index (χ2v) is 13.5. The number of carbonyl (C=O) groups excluding carboxylic acids is 4. The molecule has 4 aliphatic rings. The van der Waals surface area contributed by atoms with Gasteiger partial charge in [-0.3, -0.25) is 29.8 Å². The van der Waals surface area contributed by atoms with E-state index in [0.717, 1.165) is 18.2 Å². The summed E-state index contributed by atoms with van der Waals surface area (Å²) in [6.45, 7) is 0. The van der Waals surface area contributed by atoms with Crippen LogP contribution in [0.2, 0.25) is 10.0 Å². The molecule has 2 aromatic carbocycles. The molecular weight excluding hydrogens is 749 g/mol. The molecule has 2 aliphatic heterocycles. The van der Waals surface area contributed by atoms with E-state index in [1.54, 1.807) is 0 Å². The maximum atomic E-state index is 15.0. The molecule has 2 aliphatic carbocycles. The van der Waals surface area contributed by atoms with Gasteiger partial charge in [-0.1, -0.05) is 47.0 Å². The molecule has 0 radical (unpaired) electrons. The zero-order chi connectivity index (χ0) is 37.7. The third kappa shape index (κ3) is 5.44. The molecule has 0 unspecified atom stereocenters. The van der Waals surface area contributed by atoms with E-state index >= 15 is 4.79 Å². The van der Waals surface area contributed by atoms with Crippen LogP contribution in [0, 0.1) is 23.7 Å². The number of benzene rings is 2. The average Bonchev–Trinajstić information content (AvgIpc) is 3.42. The lowest BCUT2D eigenvalue weighted by molar-refractivity contribution is -0.274. The molecule has 52 heavy (non-hydrogen) atoms. The van der Waals surface area contributed by atoms with Crippen molar-refractivity contribution in [3.05, 3.63) is 93.1 Å². The Bertz CT molecular complexity index is 2080. The molecule has 11 nitrogen and oxygen atoms in total. The number of phenols is 1. The van der Waals surface area contributed by atoms with Crippen LogP contribution in [-0.2, 0) is 30.8 Å². The zero-order valence-corrected chi connectivity index (χ0v) is 27.4. The van der Waals surface area contributed by atoms with Gasteiger partial charge in [-0.05, 0) is 60.7 Å². The lowest BCUT2D eigenvalue weighted by Gasteiger charge is -2.50. The van der Waals surface area contributed by atoms with Crippen molar-refractivity contribution in [3.8, 4) is 11.5 Å². The number of aromatic hydroxyl groups is 1. The smallest absolute Gasteiger partial charge is 0.508 e. The first-order chi connectivity index (χ1) is 24.3. The van der Waals surface area contributed by atoms with Crippen LogP contribution in [0.25, 0.3) is 0 Å². The van der Waals surface area contributed by atoms with Crippen LogP contribution in [0.4, 0.5) is 32.2 Å². The van der Waals surface area contributed by atoms with Gasteiger partial charge in [-0.25, -0.2) is 4.98 Å². The van der Waals surface area contributed by atoms with Gasteiger partial charge in [0.15, 0.2) is 5.82 Å². The molecule has 7 rings (SSSR count).